The topological polar surface area (TPSA) is 97.2 Å². The Kier molecular flexibility index (Phi) is 6.57. The molecule has 0 saturated heterocycles. The minimum Gasteiger partial charge on any atom is -0.331 e. The highest BCUT2D eigenvalue weighted by Crippen LogP contribution is 2.27. The first-order valence-electron chi connectivity index (χ1n) is 10.8. The maximum Gasteiger partial charge on any atom is 0.242 e. The number of anilines is 1. The summed E-state index contributed by atoms with van der Waals surface area (Å²) in [4.78, 5) is 21.9. The zero-order valence-electron chi connectivity index (χ0n) is 19.8. The number of amides is 1. The van der Waals surface area contributed by atoms with Gasteiger partial charge in [0.1, 0.15) is 5.82 Å². The van der Waals surface area contributed by atoms with Crippen LogP contribution in [-0.4, -0.2) is 47.3 Å². The Bertz CT molecular complexity index is 1490. The monoisotopic (exact) mass is 497 g/mol. The van der Waals surface area contributed by atoms with Crippen LogP contribution in [0.3, 0.4) is 0 Å². The van der Waals surface area contributed by atoms with E-state index in [1.54, 1.807) is 18.2 Å². The maximum atomic E-state index is 12.6. The van der Waals surface area contributed by atoms with Crippen molar-refractivity contribution in [3.05, 3.63) is 58.7 Å². The number of aryl methyl sites for hydroxylation is 4. The molecule has 1 N–H and O–H groups in total. The molecule has 2 aromatic carbocycles. The van der Waals surface area contributed by atoms with E-state index in [-0.39, 0.29) is 17.2 Å². The van der Waals surface area contributed by atoms with E-state index in [1.807, 2.05) is 23.1 Å². The van der Waals surface area contributed by atoms with Crippen molar-refractivity contribution in [3.63, 3.8) is 0 Å². The molecule has 4 rings (SSSR count). The molecule has 8 nitrogen and oxygen atoms in total. The molecule has 0 saturated carbocycles. The largest absolute Gasteiger partial charge is 0.331 e. The number of hydrogen-bond acceptors (Lipinski definition) is 6. The zero-order chi connectivity index (χ0) is 24.6. The summed E-state index contributed by atoms with van der Waals surface area (Å²) in [5.41, 5.74) is 5.68. The highest BCUT2D eigenvalue weighted by molar-refractivity contribution is 7.89. The molecule has 0 aliphatic rings. The fourth-order valence-electron chi connectivity index (χ4n) is 3.60. The van der Waals surface area contributed by atoms with E-state index in [4.69, 9.17) is 0 Å². The van der Waals surface area contributed by atoms with Gasteiger partial charge in [-0.05, 0) is 49.2 Å². The summed E-state index contributed by atoms with van der Waals surface area (Å²) < 4.78 is 27.9. The van der Waals surface area contributed by atoms with Crippen LogP contribution in [-0.2, 0) is 28.3 Å². The van der Waals surface area contributed by atoms with E-state index in [2.05, 4.69) is 41.3 Å². The van der Waals surface area contributed by atoms with Crippen LogP contribution < -0.4 is 5.32 Å². The number of benzene rings is 2. The van der Waals surface area contributed by atoms with E-state index in [9.17, 15) is 13.2 Å². The van der Waals surface area contributed by atoms with E-state index in [0.29, 0.717) is 22.9 Å². The van der Waals surface area contributed by atoms with Crippen molar-refractivity contribution in [2.75, 3.05) is 19.4 Å². The molecule has 0 radical (unpaired) electrons. The van der Waals surface area contributed by atoms with E-state index >= 15 is 0 Å². The molecule has 0 aliphatic carbocycles. The zero-order valence-corrected chi connectivity index (χ0v) is 21.4. The van der Waals surface area contributed by atoms with Gasteiger partial charge >= 0.3 is 0 Å². The van der Waals surface area contributed by atoms with Crippen LogP contribution >= 0.6 is 11.3 Å². The third kappa shape index (κ3) is 4.75. The Balaban J connectivity index is 1.44. The van der Waals surface area contributed by atoms with Crippen LogP contribution in [0.1, 0.15) is 23.4 Å². The molecule has 10 heteroatoms. The Hall–Kier alpha value is -3.08. The van der Waals surface area contributed by atoms with E-state index in [1.165, 1.54) is 40.9 Å². The van der Waals surface area contributed by atoms with Crippen molar-refractivity contribution >= 4 is 43.4 Å². The molecule has 0 spiro atoms. The van der Waals surface area contributed by atoms with Crippen molar-refractivity contribution < 1.29 is 13.2 Å². The third-order valence-corrected chi connectivity index (χ3v) is 8.42. The molecule has 178 valence electrons. The Morgan fingerprint density at radius 3 is 2.56 bits per heavy atom. The summed E-state index contributed by atoms with van der Waals surface area (Å²) in [6.07, 6.45) is 0.654. The summed E-state index contributed by atoms with van der Waals surface area (Å²) >= 11 is 1.39. The number of hydrogen-bond donors (Lipinski definition) is 1. The summed E-state index contributed by atoms with van der Waals surface area (Å²) in [5.74, 6) is 0.559. The quantitative estimate of drug-likeness (QED) is 0.414. The molecule has 2 heterocycles. The van der Waals surface area contributed by atoms with Gasteiger partial charge in [0.25, 0.3) is 0 Å². The number of fused-ring (bicyclic) bond motifs is 1. The van der Waals surface area contributed by atoms with Crippen molar-refractivity contribution in [1.29, 1.82) is 0 Å². The summed E-state index contributed by atoms with van der Waals surface area (Å²) in [5, 5.41) is 5.36. The molecule has 2 aromatic heterocycles. The first-order chi connectivity index (χ1) is 16.1. The molecule has 1 amide bonds. The highest BCUT2D eigenvalue weighted by atomic mass is 32.2. The summed E-state index contributed by atoms with van der Waals surface area (Å²) in [7, 11) is 1.31. The number of thiazole rings is 1. The van der Waals surface area contributed by atoms with Gasteiger partial charge in [-0.3, -0.25) is 4.79 Å². The number of nitrogens with zero attached hydrogens (tertiary/aromatic N) is 4. The summed E-state index contributed by atoms with van der Waals surface area (Å²) in [6, 6.07) is 11.1. The highest BCUT2D eigenvalue weighted by Gasteiger charge is 2.19. The Labute approximate surface area is 203 Å². The van der Waals surface area contributed by atoms with Gasteiger partial charge in [-0.2, -0.15) is 0 Å². The SMILES string of the molecule is Cc1ccc(-c2csc(NC(=O)CCc3nc4cc(S(=O)(=O)N(C)C)ccc4n3C)n2)cc1C. The van der Waals surface area contributed by atoms with Crippen LogP contribution in [0, 0.1) is 13.8 Å². The van der Waals surface area contributed by atoms with Gasteiger partial charge in [0.2, 0.25) is 15.9 Å². The Morgan fingerprint density at radius 2 is 1.85 bits per heavy atom. The molecule has 0 bridgehead atoms. The lowest BCUT2D eigenvalue weighted by Crippen LogP contribution is -2.22. The van der Waals surface area contributed by atoms with Crippen molar-refractivity contribution in [1.82, 2.24) is 18.8 Å². The number of nitrogens with one attached hydrogen (secondary N) is 1. The fourth-order valence-corrected chi connectivity index (χ4v) is 5.25. The van der Waals surface area contributed by atoms with Gasteiger partial charge in [0.15, 0.2) is 5.13 Å². The molecule has 0 unspecified atom stereocenters. The smallest absolute Gasteiger partial charge is 0.242 e. The lowest BCUT2D eigenvalue weighted by Gasteiger charge is -2.10. The first-order valence-corrected chi connectivity index (χ1v) is 13.1. The summed E-state index contributed by atoms with van der Waals surface area (Å²) in [6.45, 7) is 4.14. The minimum absolute atomic E-state index is 0.149. The number of rotatable bonds is 7. The number of carbonyl (C=O) groups is 1. The average Bonchev–Trinajstić information content (AvgIpc) is 3.38. The number of carbonyl (C=O) groups excluding carboxylic acids is 1. The van der Waals surface area contributed by atoms with Crippen molar-refractivity contribution in [2.24, 2.45) is 7.05 Å². The molecule has 0 aliphatic heterocycles. The van der Waals surface area contributed by atoms with Crippen LogP contribution in [0.5, 0.6) is 0 Å². The van der Waals surface area contributed by atoms with Crippen LogP contribution in [0.15, 0.2) is 46.7 Å². The normalized spacial score (nSPS) is 11.9. The third-order valence-electron chi connectivity index (χ3n) is 5.85. The molecule has 34 heavy (non-hydrogen) atoms. The van der Waals surface area contributed by atoms with E-state index in [0.717, 1.165) is 16.8 Å². The second-order valence-electron chi connectivity index (χ2n) is 8.41. The second kappa shape index (κ2) is 9.28. The molecular weight excluding hydrogens is 470 g/mol. The minimum atomic E-state index is -3.54. The average molecular weight is 498 g/mol. The van der Waals surface area contributed by atoms with Crippen LogP contribution in [0.4, 0.5) is 5.13 Å². The standard InChI is InChI=1S/C24H27N5O3S2/c1-15-6-7-17(12-16(15)2)20-14-33-24(26-20)27-23(30)11-10-22-25-19-13-18(34(31,32)28(3)4)8-9-21(19)29(22)5/h6-9,12-14H,10-11H2,1-5H3,(H,26,27,30). The predicted octanol–water partition coefficient (Wildman–Crippen LogP) is 4.14. The van der Waals surface area contributed by atoms with Gasteiger partial charge in [-0.15, -0.1) is 11.3 Å². The van der Waals surface area contributed by atoms with Gasteiger partial charge in [0, 0.05) is 44.9 Å². The number of aromatic nitrogens is 3. The lowest BCUT2D eigenvalue weighted by atomic mass is 10.1. The predicted molar refractivity (Wildman–Crippen MR) is 136 cm³/mol. The molecule has 4 aromatic rings. The van der Waals surface area contributed by atoms with Gasteiger partial charge in [0.05, 0.1) is 21.6 Å². The van der Waals surface area contributed by atoms with Crippen LogP contribution in [0.2, 0.25) is 0 Å². The number of sulfonamides is 1. The van der Waals surface area contributed by atoms with E-state index < -0.39 is 10.0 Å². The number of imidazole rings is 1. The first kappa shape index (κ1) is 24.1. The maximum absolute atomic E-state index is 12.6. The van der Waals surface area contributed by atoms with Crippen molar-refractivity contribution in [3.8, 4) is 11.3 Å². The molecule has 0 fully saturated rings. The Morgan fingerprint density at radius 1 is 1.09 bits per heavy atom. The second-order valence-corrected chi connectivity index (χ2v) is 11.4. The van der Waals surface area contributed by atoms with Crippen molar-refractivity contribution in [2.45, 2.75) is 31.6 Å². The van der Waals surface area contributed by atoms with Gasteiger partial charge in [-0.25, -0.2) is 22.7 Å². The molecule has 0 atom stereocenters. The fraction of sp³-hybridized carbons (Fsp3) is 0.292. The van der Waals surface area contributed by atoms with Gasteiger partial charge in [-0.1, -0.05) is 12.1 Å². The lowest BCUT2D eigenvalue weighted by molar-refractivity contribution is -0.116. The van der Waals surface area contributed by atoms with Gasteiger partial charge < -0.3 is 9.88 Å². The molecular formula is C24H27N5O3S2. The van der Waals surface area contributed by atoms with Crippen LogP contribution in [0.25, 0.3) is 22.3 Å².